The van der Waals surface area contributed by atoms with Crippen molar-refractivity contribution < 1.29 is 4.79 Å². The minimum Gasteiger partial charge on any atom is -0.404 e. The van der Waals surface area contributed by atoms with Gasteiger partial charge in [-0.05, 0) is 74.6 Å². The first-order valence-electron chi connectivity index (χ1n) is 9.50. The summed E-state index contributed by atoms with van der Waals surface area (Å²) in [4.78, 5) is 23.4. The summed E-state index contributed by atoms with van der Waals surface area (Å²) in [6, 6.07) is 5.98. The highest BCUT2D eigenvalue weighted by Crippen LogP contribution is 2.45. The van der Waals surface area contributed by atoms with Crippen LogP contribution in [0.5, 0.6) is 0 Å². The number of carbonyl (C=O) groups is 1. The van der Waals surface area contributed by atoms with Crippen molar-refractivity contribution >= 4 is 11.6 Å². The largest absolute Gasteiger partial charge is 0.404 e. The quantitative estimate of drug-likeness (QED) is 0.800. The van der Waals surface area contributed by atoms with Crippen LogP contribution in [0, 0.1) is 12.8 Å². The molecule has 0 unspecified atom stereocenters. The Morgan fingerprint density at radius 3 is 2.50 bits per heavy atom. The number of nitrogens with two attached hydrogens (primary N) is 2. The van der Waals surface area contributed by atoms with Crippen molar-refractivity contribution in [1.29, 1.82) is 0 Å². The average molecular weight is 375 g/mol. The van der Waals surface area contributed by atoms with Crippen molar-refractivity contribution in [1.82, 2.24) is 9.97 Å². The SMILES string of the molecule is Cc1ncc(-c2ccc3c(c2)N(/C(N)=C/C(=C\N)C2CC2)C(=O)C3(C)C)cn1. The van der Waals surface area contributed by atoms with Gasteiger partial charge in [0, 0.05) is 18.0 Å². The lowest BCUT2D eigenvalue weighted by Gasteiger charge is -2.21. The van der Waals surface area contributed by atoms with Crippen LogP contribution in [0.1, 0.15) is 38.1 Å². The Balaban J connectivity index is 1.79. The van der Waals surface area contributed by atoms with Crippen LogP contribution in [0.2, 0.25) is 0 Å². The molecule has 0 radical (unpaired) electrons. The highest BCUT2D eigenvalue weighted by atomic mass is 16.2. The molecule has 1 amide bonds. The van der Waals surface area contributed by atoms with Crippen LogP contribution in [0.4, 0.5) is 5.69 Å². The van der Waals surface area contributed by atoms with E-state index in [-0.39, 0.29) is 5.91 Å². The van der Waals surface area contributed by atoms with Gasteiger partial charge in [-0.15, -0.1) is 0 Å². The Morgan fingerprint density at radius 1 is 1.21 bits per heavy atom. The lowest BCUT2D eigenvalue weighted by Crippen LogP contribution is -2.38. The number of hydrogen-bond acceptors (Lipinski definition) is 5. The molecule has 144 valence electrons. The van der Waals surface area contributed by atoms with Crippen molar-refractivity contribution in [3.63, 3.8) is 0 Å². The molecule has 2 heterocycles. The maximum Gasteiger partial charge on any atom is 0.242 e. The second kappa shape index (κ2) is 6.48. The number of aryl methyl sites for hydroxylation is 1. The first-order valence-corrected chi connectivity index (χ1v) is 9.50. The molecule has 1 fully saturated rings. The standard InChI is InChI=1S/C22H25N5O/c1-13-25-11-17(12-26-13)15-6-7-18-19(8-15)27(21(28)22(18,2)3)20(24)9-16(10-23)14-4-5-14/h6-12,14H,4-5,23-24H2,1-3H3/b16-10+,20-9+. The molecule has 4 rings (SSSR count). The average Bonchev–Trinajstić information content (AvgIpc) is 3.49. The van der Waals surface area contributed by atoms with Crippen LogP contribution < -0.4 is 16.4 Å². The third kappa shape index (κ3) is 2.95. The van der Waals surface area contributed by atoms with Crippen LogP contribution in [-0.2, 0) is 10.2 Å². The van der Waals surface area contributed by atoms with Gasteiger partial charge in [-0.25, -0.2) is 9.97 Å². The predicted octanol–water partition coefficient (Wildman–Crippen LogP) is 3.13. The Hall–Kier alpha value is -3.15. The number of anilines is 1. The van der Waals surface area contributed by atoms with Crippen molar-refractivity contribution in [2.75, 3.05) is 4.90 Å². The van der Waals surface area contributed by atoms with E-state index in [1.165, 1.54) is 0 Å². The fourth-order valence-corrected chi connectivity index (χ4v) is 3.68. The number of rotatable bonds is 4. The normalized spacial score (nSPS) is 19.1. The van der Waals surface area contributed by atoms with Crippen molar-refractivity contribution in [3.8, 4) is 11.1 Å². The molecule has 1 aromatic carbocycles. The molecule has 2 aromatic rings. The van der Waals surface area contributed by atoms with Crippen LogP contribution in [0.3, 0.4) is 0 Å². The summed E-state index contributed by atoms with van der Waals surface area (Å²) in [5.74, 6) is 1.53. The van der Waals surface area contributed by atoms with E-state index in [0.717, 1.165) is 46.6 Å². The van der Waals surface area contributed by atoms with E-state index in [0.29, 0.717) is 11.7 Å². The zero-order valence-electron chi connectivity index (χ0n) is 16.4. The summed E-state index contributed by atoms with van der Waals surface area (Å²) in [7, 11) is 0. The molecule has 1 aliphatic carbocycles. The van der Waals surface area contributed by atoms with Crippen LogP contribution in [-0.4, -0.2) is 15.9 Å². The molecule has 1 aromatic heterocycles. The van der Waals surface area contributed by atoms with Crippen LogP contribution in [0.15, 0.2) is 54.3 Å². The van der Waals surface area contributed by atoms with E-state index in [1.54, 1.807) is 23.5 Å². The van der Waals surface area contributed by atoms with E-state index in [9.17, 15) is 4.79 Å². The number of carbonyl (C=O) groups excluding carboxylic acids is 1. The zero-order chi connectivity index (χ0) is 20.1. The van der Waals surface area contributed by atoms with E-state index in [4.69, 9.17) is 11.5 Å². The Labute approximate surface area is 165 Å². The summed E-state index contributed by atoms with van der Waals surface area (Å²) >= 11 is 0. The number of fused-ring (bicyclic) bond motifs is 1. The van der Waals surface area contributed by atoms with Gasteiger partial charge in [0.05, 0.1) is 11.1 Å². The van der Waals surface area contributed by atoms with Gasteiger partial charge >= 0.3 is 0 Å². The number of allylic oxidation sites excluding steroid dienone is 2. The molecule has 0 atom stereocenters. The number of benzene rings is 1. The van der Waals surface area contributed by atoms with Crippen molar-refractivity contribution in [2.45, 2.75) is 39.0 Å². The molecule has 4 N–H and O–H groups in total. The maximum absolute atomic E-state index is 13.2. The maximum atomic E-state index is 13.2. The molecule has 0 saturated heterocycles. The fourth-order valence-electron chi connectivity index (χ4n) is 3.68. The molecule has 28 heavy (non-hydrogen) atoms. The van der Waals surface area contributed by atoms with Gasteiger partial charge < -0.3 is 11.5 Å². The van der Waals surface area contributed by atoms with Gasteiger partial charge in [0.2, 0.25) is 5.91 Å². The summed E-state index contributed by atoms with van der Waals surface area (Å²) in [5.41, 5.74) is 16.1. The molecular weight excluding hydrogens is 350 g/mol. The van der Waals surface area contributed by atoms with Crippen molar-refractivity contribution in [2.24, 2.45) is 17.4 Å². The number of hydrogen-bond donors (Lipinski definition) is 2. The van der Waals surface area contributed by atoms with Gasteiger partial charge in [0.1, 0.15) is 11.6 Å². The molecule has 2 aliphatic rings. The second-order valence-electron chi connectivity index (χ2n) is 8.03. The number of aromatic nitrogens is 2. The molecule has 6 nitrogen and oxygen atoms in total. The highest BCUT2D eigenvalue weighted by molar-refractivity contribution is 6.10. The van der Waals surface area contributed by atoms with Crippen LogP contribution in [0.25, 0.3) is 11.1 Å². The fraction of sp³-hybridized carbons (Fsp3) is 0.318. The summed E-state index contributed by atoms with van der Waals surface area (Å²) in [6.45, 7) is 5.71. The first kappa shape index (κ1) is 18.2. The monoisotopic (exact) mass is 375 g/mol. The lowest BCUT2D eigenvalue weighted by molar-refractivity contribution is -0.121. The van der Waals surface area contributed by atoms with E-state index < -0.39 is 5.41 Å². The van der Waals surface area contributed by atoms with E-state index in [2.05, 4.69) is 9.97 Å². The van der Waals surface area contributed by atoms with Gasteiger partial charge in [0.25, 0.3) is 0 Å². The third-order valence-electron chi connectivity index (χ3n) is 5.58. The Bertz CT molecular complexity index is 1000. The summed E-state index contributed by atoms with van der Waals surface area (Å²) in [6.07, 6.45) is 9.23. The van der Waals surface area contributed by atoms with Gasteiger partial charge in [-0.1, -0.05) is 12.1 Å². The van der Waals surface area contributed by atoms with E-state index >= 15 is 0 Å². The number of amides is 1. The first-order chi connectivity index (χ1) is 13.3. The molecule has 0 spiro atoms. The zero-order valence-corrected chi connectivity index (χ0v) is 16.4. The topological polar surface area (TPSA) is 98.1 Å². The molecular formula is C22H25N5O. The predicted molar refractivity (Wildman–Crippen MR) is 110 cm³/mol. The third-order valence-corrected chi connectivity index (χ3v) is 5.58. The molecule has 1 saturated carbocycles. The molecule has 6 heteroatoms. The number of nitrogens with zero attached hydrogens (tertiary/aromatic N) is 3. The van der Waals surface area contributed by atoms with Gasteiger partial charge in [-0.2, -0.15) is 0 Å². The van der Waals surface area contributed by atoms with Crippen LogP contribution >= 0.6 is 0 Å². The summed E-state index contributed by atoms with van der Waals surface area (Å²) in [5, 5.41) is 0. The minimum atomic E-state index is -0.651. The lowest BCUT2D eigenvalue weighted by atomic mass is 9.85. The molecule has 0 bridgehead atoms. The van der Waals surface area contributed by atoms with Gasteiger partial charge in [-0.3, -0.25) is 9.69 Å². The Kier molecular flexibility index (Phi) is 4.22. The van der Waals surface area contributed by atoms with Gasteiger partial charge in [0.15, 0.2) is 0 Å². The van der Waals surface area contributed by atoms with Crippen molar-refractivity contribution in [3.05, 3.63) is 65.7 Å². The summed E-state index contributed by atoms with van der Waals surface area (Å²) < 4.78 is 0. The smallest absolute Gasteiger partial charge is 0.242 e. The van der Waals surface area contributed by atoms with E-state index in [1.807, 2.05) is 45.0 Å². The Morgan fingerprint density at radius 2 is 1.89 bits per heavy atom. The minimum absolute atomic E-state index is 0.0410. The highest BCUT2D eigenvalue weighted by Gasteiger charge is 2.45. The molecule has 1 aliphatic heterocycles. The second-order valence-corrected chi connectivity index (χ2v) is 8.03.